The van der Waals surface area contributed by atoms with Crippen LogP contribution in [0.25, 0.3) is 0 Å². The number of nitrogens with one attached hydrogen (secondary N) is 2. The van der Waals surface area contributed by atoms with Crippen LogP contribution in [0.3, 0.4) is 0 Å². The highest BCUT2D eigenvalue weighted by Gasteiger charge is 2.29. The zero-order chi connectivity index (χ0) is 28.1. The molecule has 1 unspecified atom stereocenters. The fourth-order valence-electron chi connectivity index (χ4n) is 6.11. The summed E-state index contributed by atoms with van der Waals surface area (Å²) in [6, 6.07) is 9.45. The van der Waals surface area contributed by atoms with Gasteiger partial charge in [-0.2, -0.15) is 5.10 Å². The van der Waals surface area contributed by atoms with Gasteiger partial charge in [0.05, 0.1) is 0 Å². The second-order valence-electron chi connectivity index (χ2n) is 11.7. The van der Waals surface area contributed by atoms with Crippen molar-refractivity contribution in [1.29, 1.82) is 0 Å². The van der Waals surface area contributed by atoms with Gasteiger partial charge in [-0.1, -0.05) is 25.2 Å². The van der Waals surface area contributed by atoms with E-state index in [4.69, 9.17) is 9.72 Å². The number of carbonyl (C=O) groups excluding carboxylic acids is 1. The van der Waals surface area contributed by atoms with Gasteiger partial charge in [0.25, 0.3) is 5.91 Å². The van der Waals surface area contributed by atoms with Gasteiger partial charge < -0.3 is 15.0 Å². The van der Waals surface area contributed by atoms with E-state index >= 15 is 0 Å². The third-order valence-electron chi connectivity index (χ3n) is 8.05. The Balaban J connectivity index is 1.22. The van der Waals surface area contributed by atoms with E-state index in [-0.39, 0.29) is 16.8 Å². The minimum absolute atomic E-state index is 0.0790. The first-order valence-corrected chi connectivity index (χ1v) is 15.4. The molecule has 2 aliphatic rings. The summed E-state index contributed by atoms with van der Waals surface area (Å²) < 4.78 is 6.14. The second kappa shape index (κ2) is 13.1. The van der Waals surface area contributed by atoms with E-state index in [2.05, 4.69) is 40.3 Å². The number of likely N-dealkylation sites (tertiary alicyclic amines) is 1. The highest BCUT2D eigenvalue weighted by Crippen LogP contribution is 2.26. The normalized spacial score (nSPS) is 17.0. The Hall–Kier alpha value is -3.04. The Morgan fingerprint density at radius 1 is 1.18 bits per heavy atom. The number of ether oxygens (including phenoxy) is 1. The van der Waals surface area contributed by atoms with Crippen LogP contribution < -0.4 is 14.9 Å². The molecule has 1 fully saturated rings. The molecule has 0 saturated carbocycles. The Labute approximate surface area is 240 Å². The summed E-state index contributed by atoms with van der Waals surface area (Å²) in [6.07, 6.45) is 7.10. The average molecular weight is 564 g/mol. The minimum Gasteiger partial charge on any atom is -0.489 e. The van der Waals surface area contributed by atoms with E-state index in [9.17, 15) is 9.59 Å². The van der Waals surface area contributed by atoms with Gasteiger partial charge in [-0.25, -0.2) is 5.10 Å². The zero-order valence-electron chi connectivity index (χ0n) is 23.9. The van der Waals surface area contributed by atoms with Crippen molar-refractivity contribution in [2.45, 2.75) is 78.4 Å². The van der Waals surface area contributed by atoms with Crippen molar-refractivity contribution >= 4 is 17.2 Å². The molecule has 214 valence electrons. The summed E-state index contributed by atoms with van der Waals surface area (Å²) in [6.45, 7) is 10.2. The number of aryl methyl sites for hydroxylation is 2. The number of H-pyrrole nitrogens is 1. The van der Waals surface area contributed by atoms with Crippen molar-refractivity contribution in [2.24, 2.45) is 11.8 Å². The molecule has 0 radical (unpaired) electrons. The van der Waals surface area contributed by atoms with Crippen LogP contribution in [-0.2, 0) is 25.9 Å². The average Bonchev–Trinajstić information content (AvgIpc) is 3.36. The molecule has 1 atom stereocenters. The van der Waals surface area contributed by atoms with Crippen LogP contribution in [0.4, 0.5) is 0 Å². The fraction of sp³-hybridized carbons (Fsp3) is 0.548. The van der Waals surface area contributed by atoms with E-state index in [0.717, 1.165) is 73.1 Å². The summed E-state index contributed by atoms with van der Waals surface area (Å²) >= 11 is 1.12. The van der Waals surface area contributed by atoms with Crippen molar-refractivity contribution in [3.05, 3.63) is 73.1 Å². The molecule has 2 aromatic heterocycles. The largest absolute Gasteiger partial charge is 0.489 e. The Bertz CT molecular complexity index is 1340. The lowest BCUT2D eigenvalue weighted by molar-refractivity contribution is 0.0889. The number of hydrogen-bond acceptors (Lipinski definition) is 7. The lowest BCUT2D eigenvalue weighted by Crippen LogP contribution is -2.47. The van der Waals surface area contributed by atoms with Crippen LogP contribution in [0, 0.1) is 18.8 Å². The number of amides is 1. The Morgan fingerprint density at radius 3 is 2.62 bits per heavy atom. The third kappa shape index (κ3) is 7.37. The smallest absolute Gasteiger partial charge is 0.322 e. The topological polar surface area (TPSA) is 100 Å². The van der Waals surface area contributed by atoms with E-state index < -0.39 is 0 Å². The molecule has 1 amide bonds. The highest BCUT2D eigenvalue weighted by molar-refractivity contribution is 7.08. The van der Waals surface area contributed by atoms with Crippen LogP contribution in [0.1, 0.15) is 77.4 Å². The zero-order valence-corrected chi connectivity index (χ0v) is 24.7. The molecule has 8 nitrogen and oxygen atoms in total. The molecular weight excluding hydrogens is 522 g/mol. The van der Waals surface area contributed by atoms with Gasteiger partial charge in [-0.05, 0) is 112 Å². The van der Waals surface area contributed by atoms with Crippen molar-refractivity contribution in [3.8, 4) is 5.75 Å². The van der Waals surface area contributed by atoms with Gasteiger partial charge in [0.1, 0.15) is 17.4 Å². The molecule has 0 bridgehead atoms. The van der Waals surface area contributed by atoms with Gasteiger partial charge in [-0.15, -0.1) is 0 Å². The van der Waals surface area contributed by atoms with E-state index in [1.807, 2.05) is 31.2 Å². The first kappa shape index (κ1) is 28.5. The lowest BCUT2D eigenvalue weighted by Gasteiger charge is -2.37. The standard InChI is InChI=1S/C31H41N5O3S/c1-20(2)18-36-14-12-22(13-15-36)28(17-29-34-35-31(38)40-29)33-30(37)23-8-10-25(11-9-23)39-19-24-16-21(3)32-27-7-5-4-6-26(24)27/h8-11,16,20,22,28H,4-7,12-15,17-19H2,1-3H3,(H,33,37)(H,35,38). The van der Waals surface area contributed by atoms with Crippen molar-refractivity contribution < 1.29 is 9.53 Å². The van der Waals surface area contributed by atoms with Crippen molar-refractivity contribution in [1.82, 2.24) is 25.4 Å². The Kier molecular flexibility index (Phi) is 9.32. The molecule has 40 heavy (non-hydrogen) atoms. The summed E-state index contributed by atoms with van der Waals surface area (Å²) in [5.41, 5.74) is 5.41. The maximum absolute atomic E-state index is 13.3. The number of aromatic amines is 1. The van der Waals surface area contributed by atoms with Crippen LogP contribution >= 0.6 is 11.3 Å². The number of aromatic nitrogens is 3. The molecule has 2 N–H and O–H groups in total. The lowest BCUT2D eigenvalue weighted by atomic mass is 9.87. The number of fused-ring (bicyclic) bond motifs is 1. The SMILES string of the molecule is Cc1cc(COc2ccc(C(=O)NC(Cc3n[nH]c(=O)s3)C3CCN(CC(C)C)CC3)cc2)c2c(n1)CCCC2. The van der Waals surface area contributed by atoms with E-state index in [0.29, 0.717) is 30.4 Å². The molecule has 1 saturated heterocycles. The first-order chi connectivity index (χ1) is 19.3. The highest BCUT2D eigenvalue weighted by atomic mass is 32.1. The van der Waals surface area contributed by atoms with Gasteiger partial charge in [-0.3, -0.25) is 14.6 Å². The number of rotatable bonds is 10. The van der Waals surface area contributed by atoms with E-state index in [1.165, 1.54) is 29.7 Å². The summed E-state index contributed by atoms with van der Waals surface area (Å²) in [7, 11) is 0. The predicted octanol–water partition coefficient (Wildman–Crippen LogP) is 4.70. The van der Waals surface area contributed by atoms with Crippen molar-refractivity contribution in [2.75, 3.05) is 19.6 Å². The van der Waals surface area contributed by atoms with Crippen molar-refractivity contribution in [3.63, 3.8) is 0 Å². The van der Waals surface area contributed by atoms with Gasteiger partial charge in [0, 0.05) is 36.0 Å². The molecular formula is C31H41N5O3S. The molecule has 1 aromatic carbocycles. The second-order valence-corrected chi connectivity index (χ2v) is 12.7. The monoisotopic (exact) mass is 563 g/mol. The number of pyridine rings is 1. The summed E-state index contributed by atoms with van der Waals surface area (Å²) in [4.78, 5) is 32.1. The van der Waals surface area contributed by atoms with Crippen LogP contribution in [-0.4, -0.2) is 51.7 Å². The predicted molar refractivity (Wildman–Crippen MR) is 158 cm³/mol. The number of benzene rings is 1. The van der Waals surface area contributed by atoms with Crippen LogP contribution in [0.15, 0.2) is 35.1 Å². The Morgan fingerprint density at radius 2 is 1.93 bits per heavy atom. The maximum atomic E-state index is 13.3. The molecule has 1 aliphatic heterocycles. The van der Waals surface area contributed by atoms with Gasteiger partial charge in [0.15, 0.2) is 0 Å². The molecule has 0 spiro atoms. The molecule has 3 heterocycles. The molecule has 5 rings (SSSR count). The fourth-order valence-corrected chi connectivity index (χ4v) is 6.77. The van der Waals surface area contributed by atoms with E-state index in [1.54, 1.807) is 0 Å². The number of nitrogens with zero attached hydrogens (tertiary/aromatic N) is 3. The number of hydrogen-bond donors (Lipinski definition) is 2. The van der Waals surface area contributed by atoms with Crippen LogP contribution in [0.2, 0.25) is 0 Å². The van der Waals surface area contributed by atoms with Gasteiger partial charge >= 0.3 is 4.87 Å². The maximum Gasteiger partial charge on any atom is 0.322 e. The molecule has 3 aromatic rings. The van der Waals surface area contributed by atoms with Gasteiger partial charge in [0.2, 0.25) is 0 Å². The summed E-state index contributed by atoms with van der Waals surface area (Å²) in [5, 5.41) is 10.7. The minimum atomic E-state index is -0.162. The number of carbonyl (C=O) groups is 1. The number of piperidine rings is 1. The first-order valence-electron chi connectivity index (χ1n) is 14.6. The quantitative estimate of drug-likeness (QED) is 0.371. The van der Waals surface area contributed by atoms with Crippen LogP contribution in [0.5, 0.6) is 5.75 Å². The molecule has 1 aliphatic carbocycles. The third-order valence-corrected chi connectivity index (χ3v) is 8.82. The summed E-state index contributed by atoms with van der Waals surface area (Å²) in [5.74, 6) is 1.61. The molecule has 9 heteroatoms.